The van der Waals surface area contributed by atoms with Gasteiger partial charge in [0.2, 0.25) is 0 Å². The standard InChI is InChI=1S/C18H16FNO4S/c1-23-14-7-6-12(10-13(14)19)17(21)20-11-18(22,15-4-2-8-24-15)16-5-3-9-25-16/h2-10,22H,11H2,1H3,(H,20,21)/t18-/m0/s1. The van der Waals surface area contributed by atoms with Crippen LogP contribution >= 0.6 is 11.3 Å². The summed E-state index contributed by atoms with van der Waals surface area (Å²) >= 11 is 1.35. The molecule has 1 aromatic carbocycles. The Labute approximate surface area is 147 Å². The summed E-state index contributed by atoms with van der Waals surface area (Å²) in [4.78, 5) is 13.0. The van der Waals surface area contributed by atoms with Crippen molar-refractivity contribution < 1.29 is 23.4 Å². The molecule has 0 fully saturated rings. The van der Waals surface area contributed by atoms with E-state index in [4.69, 9.17) is 9.15 Å². The molecule has 7 heteroatoms. The van der Waals surface area contributed by atoms with E-state index >= 15 is 0 Å². The van der Waals surface area contributed by atoms with E-state index in [0.29, 0.717) is 10.6 Å². The number of benzene rings is 1. The molecule has 0 spiro atoms. The molecular weight excluding hydrogens is 345 g/mol. The van der Waals surface area contributed by atoms with Crippen LogP contribution in [0.2, 0.25) is 0 Å². The fraction of sp³-hybridized carbons (Fsp3) is 0.167. The molecule has 3 aromatic rings. The van der Waals surface area contributed by atoms with Crippen molar-refractivity contribution in [3.05, 3.63) is 76.1 Å². The number of furan rings is 1. The quantitative estimate of drug-likeness (QED) is 0.707. The van der Waals surface area contributed by atoms with E-state index in [1.165, 1.54) is 36.8 Å². The molecule has 2 heterocycles. The Hall–Kier alpha value is -2.64. The molecule has 2 aromatic heterocycles. The van der Waals surface area contributed by atoms with Crippen molar-refractivity contribution in [1.29, 1.82) is 0 Å². The van der Waals surface area contributed by atoms with Gasteiger partial charge in [-0.05, 0) is 41.8 Å². The molecule has 0 bridgehead atoms. The average Bonchev–Trinajstić information content (AvgIpc) is 3.33. The minimum Gasteiger partial charge on any atom is -0.494 e. The number of hydrogen-bond donors (Lipinski definition) is 2. The minimum absolute atomic E-state index is 0.0576. The van der Waals surface area contributed by atoms with Gasteiger partial charge in [0.1, 0.15) is 5.76 Å². The second-order valence-electron chi connectivity index (χ2n) is 5.35. The van der Waals surface area contributed by atoms with Gasteiger partial charge < -0.3 is 19.6 Å². The summed E-state index contributed by atoms with van der Waals surface area (Å²) < 4.78 is 23.9. The Morgan fingerprint density at radius 2 is 2.20 bits per heavy atom. The molecule has 1 amide bonds. The Morgan fingerprint density at radius 3 is 2.80 bits per heavy atom. The number of hydrogen-bond acceptors (Lipinski definition) is 5. The first-order chi connectivity index (χ1) is 12.0. The lowest BCUT2D eigenvalue weighted by Crippen LogP contribution is -2.41. The van der Waals surface area contributed by atoms with Crippen LogP contribution in [0.1, 0.15) is 21.0 Å². The van der Waals surface area contributed by atoms with E-state index in [1.54, 1.807) is 24.3 Å². The molecule has 3 rings (SSSR count). The Kier molecular flexibility index (Phi) is 4.87. The zero-order valence-electron chi connectivity index (χ0n) is 13.4. The Morgan fingerprint density at radius 1 is 1.36 bits per heavy atom. The topological polar surface area (TPSA) is 71.7 Å². The number of rotatable bonds is 6. The molecule has 0 radical (unpaired) electrons. The molecule has 2 N–H and O–H groups in total. The van der Waals surface area contributed by atoms with E-state index in [0.717, 1.165) is 6.07 Å². The van der Waals surface area contributed by atoms with Crippen LogP contribution in [-0.4, -0.2) is 24.7 Å². The number of halogens is 1. The number of aliphatic hydroxyl groups is 1. The van der Waals surface area contributed by atoms with Gasteiger partial charge in [0.15, 0.2) is 17.2 Å². The maximum absolute atomic E-state index is 13.8. The predicted octanol–water partition coefficient (Wildman–Crippen LogP) is 3.15. The van der Waals surface area contributed by atoms with Crippen LogP contribution in [0.3, 0.4) is 0 Å². The molecule has 5 nitrogen and oxygen atoms in total. The highest BCUT2D eigenvalue weighted by Gasteiger charge is 2.36. The molecule has 0 aliphatic heterocycles. The number of amides is 1. The normalized spacial score (nSPS) is 13.2. The van der Waals surface area contributed by atoms with E-state index in [9.17, 15) is 14.3 Å². The summed E-state index contributed by atoms with van der Waals surface area (Å²) in [5.74, 6) is -0.767. The Bertz CT molecular complexity index is 812. The maximum atomic E-state index is 13.8. The summed E-state index contributed by atoms with van der Waals surface area (Å²) in [7, 11) is 1.35. The summed E-state index contributed by atoms with van der Waals surface area (Å²) in [6, 6.07) is 10.8. The summed E-state index contributed by atoms with van der Waals surface area (Å²) in [6.07, 6.45) is 1.45. The maximum Gasteiger partial charge on any atom is 0.251 e. The fourth-order valence-corrected chi connectivity index (χ4v) is 3.27. The van der Waals surface area contributed by atoms with Crippen molar-refractivity contribution in [2.75, 3.05) is 13.7 Å². The van der Waals surface area contributed by atoms with Crippen LogP contribution in [0.5, 0.6) is 5.75 Å². The van der Waals surface area contributed by atoms with Gasteiger partial charge in [-0.15, -0.1) is 11.3 Å². The first-order valence-electron chi connectivity index (χ1n) is 7.46. The number of ether oxygens (including phenoxy) is 1. The van der Waals surface area contributed by atoms with Crippen LogP contribution in [0.4, 0.5) is 4.39 Å². The second-order valence-corrected chi connectivity index (χ2v) is 6.29. The second kappa shape index (κ2) is 7.08. The SMILES string of the molecule is COc1ccc(C(=O)NC[C@](O)(c2ccco2)c2cccs2)cc1F. The minimum atomic E-state index is -1.50. The average molecular weight is 361 g/mol. The van der Waals surface area contributed by atoms with Gasteiger partial charge in [0.25, 0.3) is 5.91 Å². The lowest BCUT2D eigenvalue weighted by Gasteiger charge is -2.25. The van der Waals surface area contributed by atoms with E-state index in [2.05, 4.69) is 5.32 Å². The van der Waals surface area contributed by atoms with Crippen molar-refractivity contribution in [2.45, 2.75) is 5.60 Å². The lowest BCUT2D eigenvalue weighted by atomic mass is 9.98. The number of carbonyl (C=O) groups excluding carboxylic acids is 1. The fourth-order valence-electron chi connectivity index (χ4n) is 2.44. The highest BCUT2D eigenvalue weighted by Crippen LogP contribution is 2.32. The highest BCUT2D eigenvalue weighted by molar-refractivity contribution is 7.10. The zero-order valence-corrected chi connectivity index (χ0v) is 14.2. The van der Waals surface area contributed by atoms with Gasteiger partial charge >= 0.3 is 0 Å². The van der Waals surface area contributed by atoms with Crippen LogP contribution in [0.25, 0.3) is 0 Å². The number of methoxy groups -OCH3 is 1. The van der Waals surface area contributed by atoms with Crippen molar-refractivity contribution in [2.24, 2.45) is 0 Å². The number of nitrogens with one attached hydrogen (secondary N) is 1. The van der Waals surface area contributed by atoms with Gasteiger partial charge in [-0.25, -0.2) is 4.39 Å². The van der Waals surface area contributed by atoms with Gasteiger partial charge in [-0.1, -0.05) is 6.07 Å². The van der Waals surface area contributed by atoms with Gasteiger partial charge in [0, 0.05) is 10.4 Å². The first-order valence-corrected chi connectivity index (χ1v) is 8.34. The molecule has 0 saturated heterocycles. The molecule has 0 aliphatic rings. The molecule has 1 atom stereocenters. The highest BCUT2D eigenvalue weighted by atomic mass is 32.1. The molecule has 0 aliphatic carbocycles. The first kappa shape index (κ1) is 17.2. The van der Waals surface area contributed by atoms with E-state index in [-0.39, 0.29) is 17.9 Å². The molecule has 25 heavy (non-hydrogen) atoms. The molecule has 0 saturated carbocycles. The van der Waals surface area contributed by atoms with Crippen molar-refractivity contribution in [3.63, 3.8) is 0 Å². The third-order valence-corrected chi connectivity index (χ3v) is 4.80. The molecule has 0 unspecified atom stereocenters. The van der Waals surface area contributed by atoms with Crippen LogP contribution in [0.15, 0.2) is 58.5 Å². The summed E-state index contributed by atoms with van der Waals surface area (Å²) in [6.45, 7) is -0.118. The van der Waals surface area contributed by atoms with Gasteiger partial charge in [-0.2, -0.15) is 0 Å². The summed E-state index contributed by atoms with van der Waals surface area (Å²) in [5, 5.41) is 15.5. The third kappa shape index (κ3) is 3.42. The lowest BCUT2D eigenvalue weighted by molar-refractivity contribution is 0.0554. The van der Waals surface area contributed by atoms with E-state index in [1.807, 2.05) is 5.38 Å². The number of carbonyl (C=O) groups is 1. The van der Waals surface area contributed by atoms with Crippen LogP contribution < -0.4 is 10.1 Å². The van der Waals surface area contributed by atoms with Gasteiger partial charge in [-0.3, -0.25) is 4.79 Å². The third-order valence-electron chi connectivity index (χ3n) is 3.78. The molecular formula is C18H16FNO4S. The van der Waals surface area contributed by atoms with Crippen molar-refractivity contribution >= 4 is 17.2 Å². The van der Waals surface area contributed by atoms with Crippen LogP contribution in [-0.2, 0) is 5.60 Å². The molecule has 130 valence electrons. The largest absolute Gasteiger partial charge is 0.494 e. The predicted molar refractivity (Wildman–Crippen MR) is 91.3 cm³/mol. The van der Waals surface area contributed by atoms with Gasteiger partial charge in [0.05, 0.1) is 19.9 Å². The zero-order chi connectivity index (χ0) is 17.9. The smallest absolute Gasteiger partial charge is 0.251 e. The monoisotopic (exact) mass is 361 g/mol. The van der Waals surface area contributed by atoms with Crippen molar-refractivity contribution in [1.82, 2.24) is 5.32 Å². The van der Waals surface area contributed by atoms with Crippen molar-refractivity contribution in [3.8, 4) is 5.75 Å². The Balaban J connectivity index is 1.80. The number of thiophene rings is 1. The summed E-state index contributed by atoms with van der Waals surface area (Å²) in [5.41, 5.74) is -1.37. The van der Waals surface area contributed by atoms with Crippen LogP contribution in [0, 0.1) is 5.82 Å². The van der Waals surface area contributed by atoms with E-state index < -0.39 is 17.3 Å².